The number of methoxy groups -OCH3 is 1. The molecule has 1 aromatic heterocycles. The first-order valence-electron chi connectivity index (χ1n) is 8.38. The Balaban J connectivity index is 1.89. The van der Waals surface area contributed by atoms with Gasteiger partial charge >= 0.3 is 0 Å². The Hall–Kier alpha value is -2.53. The van der Waals surface area contributed by atoms with Gasteiger partial charge in [-0.15, -0.1) is 0 Å². The zero-order valence-electron chi connectivity index (χ0n) is 14.7. The van der Waals surface area contributed by atoms with Gasteiger partial charge < -0.3 is 10.1 Å². The summed E-state index contributed by atoms with van der Waals surface area (Å²) in [7, 11) is 1.60. The van der Waals surface area contributed by atoms with Crippen LogP contribution in [0.1, 0.15) is 0 Å². The zero-order chi connectivity index (χ0) is 19.7. The van der Waals surface area contributed by atoms with Gasteiger partial charge in [-0.05, 0) is 48.5 Å². The molecule has 0 atom stereocenters. The highest BCUT2D eigenvalue weighted by Crippen LogP contribution is 2.35. The van der Waals surface area contributed by atoms with E-state index in [9.17, 15) is 0 Å². The molecule has 140 valence electrons. The second kappa shape index (κ2) is 7.84. The molecule has 0 spiro atoms. The summed E-state index contributed by atoms with van der Waals surface area (Å²) >= 11 is 18.6. The molecule has 0 radical (unpaired) electrons. The van der Waals surface area contributed by atoms with Gasteiger partial charge in [-0.2, -0.15) is 0 Å². The van der Waals surface area contributed by atoms with E-state index >= 15 is 0 Å². The second-order valence-electron chi connectivity index (χ2n) is 6.01. The summed E-state index contributed by atoms with van der Waals surface area (Å²) in [5.41, 5.74) is 2.17. The van der Waals surface area contributed by atoms with E-state index in [1.54, 1.807) is 43.5 Å². The lowest BCUT2D eigenvalue weighted by atomic mass is 10.1. The second-order valence-corrected chi connectivity index (χ2v) is 7.29. The maximum atomic E-state index is 6.37. The molecule has 1 heterocycles. The van der Waals surface area contributed by atoms with E-state index in [0.717, 1.165) is 10.9 Å². The molecule has 4 rings (SSSR count). The fraction of sp³-hybridized carbons (Fsp3) is 0.0476. The lowest BCUT2D eigenvalue weighted by Crippen LogP contribution is -2.01. The highest BCUT2D eigenvalue weighted by molar-refractivity contribution is 6.36. The van der Waals surface area contributed by atoms with Crippen LogP contribution in [0.25, 0.3) is 22.3 Å². The van der Waals surface area contributed by atoms with E-state index in [2.05, 4.69) is 10.3 Å². The molecule has 0 aliphatic rings. The molecule has 7 heteroatoms. The average molecular weight is 431 g/mol. The average Bonchev–Trinajstić information content (AvgIpc) is 2.68. The first kappa shape index (κ1) is 18.8. The highest BCUT2D eigenvalue weighted by atomic mass is 35.5. The first-order chi connectivity index (χ1) is 13.5. The van der Waals surface area contributed by atoms with E-state index in [1.807, 2.05) is 24.3 Å². The number of para-hydroxylation sites is 1. The molecule has 4 nitrogen and oxygen atoms in total. The molecule has 0 fully saturated rings. The third-order valence-electron chi connectivity index (χ3n) is 4.19. The Morgan fingerprint density at radius 3 is 2.39 bits per heavy atom. The number of hydrogen-bond donors (Lipinski definition) is 1. The van der Waals surface area contributed by atoms with Crippen molar-refractivity contribution in [2.75, 3.05) is 12.4 Å². The molecular formula is C21H14Cl3N3O. The lowest BCUT2D eigenvalue weighted by molar-refractivity contribution is 0.417. The van der Waals surface area contributed by atoms with Crippen molar-refractivity contribution < 1.29 is 4.74 Å². The number of rotatable bonds is 4. The van der Waals surface area contributed by atoms with Crippen molar-refractivity contribution in [3.63, 3.8) is 0 Å². The number of nitrogens with one attached hydrogen (secondary N) is 1. The number of benzene rings is 3. The molecule has 0 aliphatic heterocycles. The first-order valence-corrected chi connectivity index (χ1v) is 9.51. The molecule has 0 aliphatic carbocycles. The van der Waals surface area contributed by atoms with Gasteiger partial charge in [0.2, 0.25) is 0 Å². The Labute approximate surface area is 177 Å². The number of anilines is 2. The van der Waals surface area contributed by atoms with E-state index in [0.29, 0.717) is 43.7 Å². The van der Waals surface area contributed by atoms with E-state index in [-0.39, 0.29) is 0 Å². The SMILES string of the molecule is COc1ccc(Cl)cc1Nc1nc(-c2ccc(Cl)cc2Cl)nc2ccccc12. The largest absolute Gasteiger partial charge is 0.495 e. The Morgan fingerprint density at radius 1 is 0.857 bits per heavy atom. The van der Waals surface area contributed by atoms with Crippen molar-refractivity contribution in [2.24, 2.45) is 0 Å². The molecular weight excluding hydrogens is 417 g/mol. The van der Waals surface area contributed by atoms with Crippen LogP contribution < -0.4 is 10.1 Å². The molecule has 0 saturated carbocycles. The van der Waals surface area contributed by atoms with Crippen LogP contribution in [-0.4, -0.2) is 17.1 Å². The summed E-state index contributed by atoms with van der Waals surface area (Å²) in [5.74, 6) is 1.76. The molecule has 1 N–H and O–H groups in total. The van der Waals surface area contributed by atoms with Crippen LogP contribution in [0.5, 0.6) is 5.75 Å². The van der Waals surface area contributed by atoms with Gasteiger partial charge in [0.15, 0.2) is 5.82 Å². The summed E-state index contributed by atoms with van der Waals surface area (Å²) in [6.07, 6.45) is 0. The summed E-state index contributed by atoms with van der Waals surface area (Å²) < 4.78 is 5.43. The van der Waals surface area contributed by atoms with Crippen molar-refractivity contribution >= 4 is 57.2 Å². The standard InChI is InChI=1S/C21H14Cl3N3O/c1-28-19-9-7-13(23)11-18(19)26-21-15-4-2-3-5-17(15)25-20(27-21)14-8-6-12(22)10-16(14)24/h2-11H,1H3,(H,25,26,27). The molecule has 4 aromatic rings. The Kier molecular flexibility index (Phi) is 5.27. The molecule has 0 amide bonds. The van der Waals surface area contributed by atoms with Crippen molar-refractivity contribution in [2.45, 2.75) is 0 Å². The van der Waals surface area contributed by atoms with Gasteiger partial charge in [0.05, 0.1) is 23.3 Å². The molecule has 0 saturated heterocycles. The van der Waals surface area contributed by atoms with Gasteiger partial charge in [0.25, 0.3) is 0 Å². The van der Waals surface area contributed by atoms with E-state index in [4.69, 9.17) is 44.5 Å². The van der Waals surface area contributed by atoms with Gasteiger partial charge in [0.1, 0.15) is 11.6 Å². The maximum absolute atomic E-state index is 6.37. The minimum absolute atomic E-state index is 0.481. The van der Waals surface area contributed by atoms with Crippen molar-refractivity contribution in [3.8, 4) is 17.1 Å². The van der Waals surface area contributed by atoms with Crippen LogP contribution in [0, 0.1) is 0 Å². The monoisotopic (exact) mass is 429 g/mol. The Morgan fingerprint density at radius 2 is 1.61 bits per heavy atom. The predicted molar refractivity (Wildman–Crippen MR) is 116 cm³/mol. The lowest BCUT2D eigenvalue weighted by Gasteiger charge is -2.14. The smallest absolute Gasteiger partial charge is 0.163 e. The predicted octanol–water partition coefficient (Wildman–Crippen LogP) is 7.01. The molecule has 3 aromatic carbocycles. The Bertz CT molecular complexity index is 1180. The van der Waals surface area contributed by atoms with Crippen LogP contribution in [-0.2, 0) is 0 Å². The van der Waals surface area contributed by atoms with Crippen LogP contribution in [0.3, 0.4) is 0 Å². The molecule has 0 unspecified atom stereocenters. The summed E-state index contributed by atoms with van der Waals surface area (Å²) in [4.78, 5) is 9.38. The number of ether oxygens (including phenoxy) is 1. The third kappa shape index (κ3) is 3.72. The topological polar surface area (TPSA) is 47.0 Å². The van der Waals surface area contributed by atoms with Gasteiger partial charge in [-0.1, -0.05) is 46.9 Å². The van der Waals surface area contributed by atoms with Crippen molar-refractivity contribution in [1.29, 1.82) is 0 Å². The fourth-order valence-corrected chi connectivity index (χ4v) is 3.53. The minimum atomic E-state index is 0.481. The van der Waals surface area contributed by atoms with Gasteiger partial charge in [-0.3, -0.25) is 0 Å². The minimum Gasteiger partial charge on any atom is -0.495 e. The zero-order valence-corrected chi connectivity index (χ0v) is 17.0. The number of fused-ring (bicyclic) bond motifs is 1. The van der Waals surface area contributed by atoms with Crippen LogP contribution in [0.15, 0.2) is 60.7 Å². The summed E-state index contributed by atoms with van der Waals surface area (Å²) in [5, 5.41) is 5.80. The number of nitrogens with zero attached hydrogens (tertiary/aromatic N) is 2. The normalized spacial score (nSPS) is 10.9. The molecule has 28 heavy (non-hydrogen) atoms. The highest BCUT2D eigenvalue weighted by Gasteiger charge is 2.14. The maximum Gasteiger partial charge on any atom is 0.163 e. The third-order valence-corrected chi connectivity index (χ3v) is 4.97. The van der Waals surface area contributed by atoms with Crippen LogP contribution in [0.4, 0.5) is 11.5 Å². The van der Waals surface area contributed by atoms with Gasteiger partial charge in [-0.25, -0.2) is 9.97 Å². The van der Waals surface area contributed by atoms with E-state index in [1.165, 1.54) is 0 Å². The fourth-order valence-electron chi connectivity index (χ4n) is 2.87. The number of halogens is 3. The van der Waals surface area contributed by atoms with Crippen molar-refractivity contribution in [3.05, 3.63) is 75.7 Å². The van der Waals surface area contributed by atoms with Crippen molar-refractivity contribution in [1.82, 2.24) is 9.97 Å². The summed E-state index contributed by atoms with van der Waals surface area (Å²) in [6.45, 7) is 0. The molecule has 0 bridgehead atoms. The number of hydrogen-bond acceptors (Lipinski definition) is 4. The van der Waals surface area contributed by atoms with Crippen LogP contribution in [0.2, 0.25) is 15.1 Å². The van der Waals surface area contributed by atoms with Gasteiger partial charge in [0, 0.05) is 21.0 Å². The van der Waals surface area contributed by atoms with Crippen LogP contribution >= 0.6 is 34.8 Å². The van der Waals surface area contributed by atoms with E-state index < -0.39 is 0 Å². The quantitative estimate of drug-likeness (QED) is 0.378. The number of aromatic nitrogens is 2. The summed E-state index contributed by atoms with van der Waals surface area (Å²) in [6, 6.07) is 18.3.